The normalized spacial score (nSPS) is 16.8. The van der Waals surface area contributed by atoms with E-state index in [1.165, 1.54) is 24.3 Å². The van der Waals surface area contributed by atoms with E-state index in [0.717, 1.165) is 23.5 Å². The van der Waals surface area contributed by atoms with Crippen molar-refractivity contribution >= 4 is 37.4 Å². The van der Waals surface area contributed by atoms with Gasteiger partial charge in [0, 0.05) is 31.6 Å². The Morgan fingerprint density at radius 1 is 1.10 bits per heavy atom. The molecule has 1 fully saturated rings. The summed E-state index contributed by atoms with van der Waals surface area (Å²) in [6, 6.07) is 7.59. The second-order valence-corrected chi connectivity index (χ2v) is 9.98. The van der Waals surface area contributed by atoms with E-state index >= 15 is 0 Å². The van der Waals surface area contributed by atoms with Crippen LogP contribution in [0.4, 0.5) is 8.78 Å². The largest absolute Gasteiger partial charge is 0.480 e. The smallest absolute Gasteiger partial charge is 0.325 e. The lowest BCUT2D eigenvalue weighted by atomic mass is 9.99. The number of carboxylic acids is 1. The highest BCUT2D eigenvalue weighted by atomic mass is 32.2. The van der Waals surface area contributed by atoms with Crippen LogP contribution in [0.5, 0.6) is 0 Å². The first-order chi connectivity index (χ1) is 13.7. The molecule has 2 aromatic carbocycles. The number of carboxylic acid groups (broad SMARTS) is 1. The zero-order valence-corrected chi connectivity index (χ0v) is 16.5. The summed E-state index contributed by atoms with van der Waals surface area (Å²) in [6.45, 7) is 0.100. The first-order valence-electron chi connectivity index (χ1n) is 8.66. The Hall–Kier alpha value is -2.43. The van der Waals surface area contributed by atoms with Crippen molar-refractivity contribution in [2.75, 3.05) is 13.2 Å². The molecule has 1 aliphatic heterocycles. The number of ether oxygens (including phenoxy) is 1. The standard InChI is InChI=1S/C19H15F2NO5S2/c20-13-3-1-11(9-14(13)21)17-22-15-4-2-12(10-16(15)28-17)29(25,26)19(18(23)24)5-7-27-8-6-19/h1-4,9-10H,5-8H2,(H,23,24). The Bertz CT molecular complexity index is 1220. The van der Waals surface area contributed by atoms with Crippen LogP contribution in [-0.2, 0) is 19.4 Å². The highest BCUT2D eigenvalue weighted by molar-refractivity contribution is 7.93. The minimum atomic E-state index is -4.19. The van der Waals surface area contributed by atoms with Gasteiger partial charge in [0.15, 0.2) is 26.2 Å². The molecule has 0 unspecified atom stereocenters. The van der Waals surface area contributed by atoms with Gasteiger partial charge in [-0.3, -0.25) is 4.79 Å². The van der Waals surface area contributed by atoms with Crippen molar-refractivity contribution in [1.29, 1.82) is 0 Å². The Morgan fingerprint density at radius 3 is 2.48 bits per heavy atom. The molecule has 0 aliphatic carbocycles. The summed E-state index contributed by atoms with van der Waals surface area (Å²) in [5, 5.41) is 10.1. The maximum absolute atomic E-state index is 13.5. The number of aliphatic carboxylic acids is 1. The Labute approximate surface area is 168 Å². The van der Waals surface area contributed by atoms with Gasteiger partial charge in [-0.2, -0.15) is 0 Å². The summed E-state index contributed by atoms with van der Waals surface area (Å²) >= 11 is 1.11. The van der Waals surface area contributed by atoms with E-state index in [4.69, 9.17) is 4.74 Å². The zero-order chi connectivity index (χ0) is 20.8. The van der Waals surface area contributed by atoms with Gasteiger partial charge >= 0.3 is 5.97 Å². The number of halogens is 2. The average molecular weight is 439 g/mol. The summed E-state index contributed by atoms with van der Waals surface area (Å²) in [5.74, 6) is -3.38. The van der Waals surface area contributed by atoms with Gasteiger partial charge in [-0.25, -0.2) is 22.2 Å². The van der Waals surface area contributed by atoms with E-state index in [0.29, 0.717) is 20.8 Å². The fourth-order valence-corrected chi connectivity index (χ4v) is 6.33. The molecule has 3 aromatic rings. The minimum absolute atomic E-state index is 0.0502. The highest BCUT2D eigenvalue weighted by Crippen LogP contribution is 2.38. The number of benzene rings is 2. The first kappa shape index (κ1) is 19.9. The van der Waals surface area contributed by atoms with Gasteiger partial charge in [0.05, 0.1) is 15.1 Å². The fraction of sp³-hybridized carbons (Fsp3) is 0.263. The van der Waals surface area contributed by atoms with Crippen LogP contribution in [0.2, 0.25) is 0 Å². The molecular formula is C19H15F2NO5S2. The molecule has 1 aromatic heterocycles. The zero-order valence-electron chi connectivity index (χ0n) is 14.9. The summed E-state index contributed by atoms with van der Waals surface area (Å²) in [5.41, 5.74) is 0.839. The van der Waals surface area contributed by atoms with Gasteiger partial charge in [-0.15, -0.1) is 11.3 Å². The van der Waals surface area contributed by atoms with Gasteiger partial charge in [-0.05, 0) is 36.4 Å². The minimum Gasteiger partial charge on any atom is -0.480 e. The topological polar surface area (TPSA) is 93.6 Å². The number of hydrogen-bond donors (Lipinski definition) is 1. The predicted octanol–water partition coefficient (Wildman–Crippen LogP) is 3.65. The van der Waals surface area contributed by atoms with Gasteiger partial charge in [0.1, 0.15) is 5.01 Å². The number of carbonyl (C=O) groups is 1. The molecule has 0 spiro atoms. The van der Waals surface area contributed by atoms with Crippen LogP contribution in [0.3, 0.4) is 0 Å². The van der Waals surface area contributed by atoms with Crippen molar-refractivity contribution in [3.63, 3.8) is 0 Å². The summed E-state index contributed by atoms with van der Waals surface area (Å²) in [4.78, 5) is 16.1. The van der Waals surface area contributed by atoms with Crippen molar-refractivity contribution < 1.29 is 31.8 Å². The maximum atomic E-state index is 13.5. The van der Waals surface area contributed by atoms with Crippen LogP contribution in [0.15, 0.2) is 41.3 Å². The number of aromatic nitrogens is 1. The number of hydrogen-bond acceptors (Lipinski definition) is 6. The second kappa shape index (κ2) is 7.12. The molecule has 2 heterocycles. The van der Waals surface area contributed by atoms with E-state index < -0.39 is 32.2 Å². The number of sulfone groups is 1. The molecular weight excluding hydrogens is 424 g/mol. The number of fused-ring (bicyclic) bond motifs is 1. The van der Waals surface area contributed by atoms with Crippen molar-refractivity contribution in [2.24, 2.45) is 0 Å². The van der Waals surface area contributed by atoms with Gasteiger partial charge in [-0.1, -0.05) is 0 Å². The third kappa shape index (κ3) is 3.21. The molecule has 0 amide bonds. The van der Waals surface area contributed by atoms with Crippen LogP contribution >= 0.6 is 11.3 Å². The second-order valence-electron chi connectivity index (χ2n) is 6.69. The lowest BCUT2D eigenvalue weighted by Crippen LogP contribution is -2.50. The number of thiazole rings is 1. The quantitative estimate of drug-likeness (QED) is 0.667. The molecule has 1 N–H and O–H groups in total. The SMILES string of the molecule is O=C(O)C1(S(=O)(=O)c2ccc3nc(-c4ccc(F)c(F)c4)sc3c2)CCOCC1. The highest BCUT2D eigenvalue weighted by Gasteiger charge is 2.52. The molecule has 0 radical (unpaired) electrons. The lowest BCUT2D eigenvalue weighted by Gasteiger charge is -2.32. The van der Waals surface area contributed by atoms with E-state index in [-0.39, 0.29) is 31.0 Å². The molecule has 0 bridgehead atoms. The van der Waals surface area contributed by atoms with E-state index in [1.54, 1.807) is 0 Å². The third-order valence-electron chi connectivity index (χ3n) is 5.04. The average Bonchev–Trinajstić information content (AvgIpc) is 3.13. The van der Waals surface area contributed by atoms with Gasteiger partial charge < -0.3 is 9.84 Å². The molecule has 1 saturated heterocycles. The van der Waals surface area contributed by atoms with Crippen molar-refractivity contribution in [3.8, 4) is 10.6 Å². The molecule has 4 rings (SSSR count). The number of nitrogens with zero attached hydrogens (tertiary/aromatic N) is 1. The van der Waals surface area contributed by atoms with Crippen LogP contribution in [0.1, 0.15) is 12.8 Å². The van der Waals surface area contributed by atoms with E-state index in [9.17, 15) is 27.1 Å². The summed E-state index contributed by atoms with van der Waals surface area (Å²) in [7, 11) is -4.19. The lowest BCUT2D eigenvalue weighted by molar-refractivity contribution is -0.142. The molecule has 0 saturated carbocycles. The van der Waals surface area contributed by atoms with Crippen LogP contribution in [0, 0.1) is 11.6 Å². The van der Waals surface area contributed by atoms with E-state index in [2.05, 4.69) is 4.98 Å². The van der Waals surface area contributed by atoms with Gasteiger partial charge in [0.25, 0.3) is 0 Å². The van der Waals surface area contributed by atoms with Crippen molar-refractivity contribution in [2.45, 2.75) is 22.5 Å². The van der Waals surface area contributed by atoms with Crippen molar-refractivity contribution in [3.05, 3.63) is 48.0 Å². The molecule has 10 heteroatoms. The van der Waals surface area contributed by atoms with Crippen LogP contribution in [-0.4, -0.2) is 42.4 Å². The molecule has 0 atom stereocenters. The Balaban J connectivity index is 1.79. The monoisotopic (exact) mass is 439 g/mol. The summed E-state index contributed by atoms with van der Waals surface area (Å²) in [6.07, 6.45) is -0.267. The van der Waals surface area contributed by atoms with Gasteiger partial charge in [0.2, 0.25) is 0 Å². The fourth-order valence-electron chi connectivity index (χ4n) is 3.35. The number of rotatable bonds is 4. The summed E-state index contributed by atoms with van der Waals surface area (Å²) < 4.78 is 56.8. The Kier molecular flexibility index (Phi) is 4.88. The van der Waals surface area contributed by atoms with Crippen LogP contribution in [0.25, 0.3) is 20.8 Å². The molecule has 1 aliphatic rings. The molecule has 152 valence electrons. The van der Waals surface area contributed by atoms with Crippen molar-refractivity contribution in [1.82, 2.24) is 4.98 Å². The Morgan fingerprint density at radius 2 is 1.83 bits per heavy atom. The molecule has 29 heavy (non-hydrogen) atoms. The predicted molar refractivity (Wildman–Crippen MR) is 103 cm³/mol. The maximum Gasteiger partial charge on any atom is 0.325 e. The molecule has 6 nitrogen and oxygen atoms in total. The van der Waals surface area contributed by atoms with E-state index in [1.807, 2.05) is 0 Å². The first-order valence-corrected chi connectivity index (χ1v) is 11.0. The third-order valence-corrected chi connectivity index (χ3v) is 8.59. The van der Waals surface area contributed by atoms with Crippen LogP contribution < -0.4 is 0 Å².